The van der Waals surface area contributed by atoms with Crippen LogP contribution in [0.1, 0.15) is 18.9 Å². The summed E-state index contributed by atoms with van der Waals surface area (Å²) < 4.78 is 5.09. The molecule has 17 heavy (non-hydrogen) atoms. The highest BCUT2D eigenvalue weighted by molar-refractivity contribution is 7.80. The van der Waals surface area contributed by atoms with Crippen molar-refractivity contribution in [2.75, 3.05) is 17.7 Å². The Morgan fingerprint density at radius 3 is 2.59 bits per heavy atom. The smallest absolute Gasteiger partial charge is 0.329 e. The molecule has 0 heterocycles. The molecule has 1 aromatic rings. The number of nitrogens with one attached hydrogen (secondary N) is 1. The maximum absolute atomic E-state index is 11.7. The second-order valence-corrected chi connectivity index (χ2v) is 4.28. The Bertz CT molecular complexity index is 351. The van der Waals surface area contributed by atoms with Crippen molar-refractivity contribution in [2.45, 2.75) is 26.3 Å². The molecular weight excluding hydrogens is 234 g/mol. The van der Waals surface area contributed by atoms with Crippen LogP contribution < -0.4 is 5.32 Å². The van der Waals surface area contributed by atoms with Gasteiger partial charge in [0, 0.05) is 11.4 Å². The molecule has 0 radical (unpaired) electrons. The van der Waals surface area contributed by atoms with Crippen molar-refractivity contribution in [1.82, 2.24) is 0 Å². The Labute approximate surface area is 108 Å². The van der Waals surface area contributed by atoms with Gasteiger partial charge in [-0.2, -0.15) is 12.6 Å². The van der Waals surface area contributed by atoms with Crippen molar-refractivity contribution in [3.05, 3.63) is 29.8 Å². The summed E-state index contributed by atoms with van der Waals surface area (Å²) in [5.74, 6) is 0.165. The minimum absolute atomic E-state index is 0.248. The molecule has 1 N–H and O–H groups in total. The van der Waals surface area contributed by atoms with Crippen molar-refractivity contribution in [3.8, 4) is 0 Å². The normalized spacial score (nSPS) is 11.9. The highest BCUT2D eigenvalue weighted by Crippen LogP contribution is 2.11. The molecule has 1 rings (SSSR count). The molecule has 1 atom stereocenters. The van der Waals surface area contributed by atoms with Gasteiger partial charge in [0.1, 0.15) is 6.04 Å². The van der Waals surface area contributed by atoms with E-state index in [2.05, 4.69) is 17.9 Å². The zero-order valence-corrected chi connectivity index (χ0v) is 11.2. The van der Waals surface area contributed by atoms with Crippen molar-refractivity contribution in [2.24, 2.45) is 0 Å². The lowest BCUT2D eigenvalue weighted by Crippen LogP contribution is -2.33. The van der Waals surface area contributed by atoms with Crippen LogP contribution in [-0.2, 0) is 9.53 Å². The molecule has 0 amide bonds. The van der Waals surface area contributed by atoms with Gasteiger partial charge in [-0.25, -0.2) is 4.79 Å². The third-order valence-electron chi connectivity index (χ3n) is 2.31. The van der Waals surface area contributed by atoms with Gasteiger partial charge in [-0.15, -0.1) is 0 Å². The van der Waals surface area contributed by atoms with E-state index >= 15 is 0 Å². The Balaban J connectivity index is 2.57. The van der Waals surface area contributed by atoms with Crippen molar-refractivity contribution in [1.29, 1.82) is 0 Å². The summed E-state index contributed by atoms with van der Waals surface area (Å²) in [4.78, 5) is 11.7. The van der Waals surface area contributed by atoms with Gasteiger partial charge in [0.05, 0.1) is 6.61 Å². The van der Waals surface area contributed by atoms with E-state index in [1.165, 1.54) is 5.56 Å². The number of thiol groups is 1. The van der Waals surface area contributed by atoms with Gasteiger partial charge in [-0.1, -0.05) is 24.6 Å². The standard InChI is InChI=1S/C13H19NO2S/c1-3-8-16-13(15)12(9-17)14-11-6-4-10(2)5-7-11/h4-7,12,14,17H,3,8-9H2,1-2H3/t12-/m1/s1. The lowest BCUT2D eigenvalue weighted by molar-refractivity contribution is -0.144. The zero-order valence-electron chi connectivity index (χ0n) is 10.3. The summed E-state index contributed by atoms with van der Waals surface area (Å²) in [6, 6.07) is 7.48. The molecule has 94 valence electrons. The molecule has 0 fully saturated rings. The van der Waals surface area contributed by atoms with Gasteiger partial charge < -0.3 is 10.1 Å². The topological polar surface area (TPSA) is 38.3 Å². The monoisotopic (exact) mass is 253 g/mol. The van der Waals surface area contributed by atoms with E-state index in [1.54, 1.807) is 0 Å². The predicted octanol–water partition coefficient (Wildman–Crippen LogP) is 2.66. The molecule has 4 heteroatoms. The number of ether oxygens (including phenoxy) is 1. The van der Waals surface area contributed by atoms with E-state index in [9.17, 15) is 4.79 Å². The largest absolute Gasteiger partial charge is 0.464 e. The first kappa shape index (κ1) is 13.9. The van der Waals surface area contributed by atoms with Crippen molar-refractivity contribution >= 4 is 24.3 Å². The third-order valence-corrected chi connectivity index (χ3v) is 2.67. The van der Waals surface area contributed by atoms with E-state index < -0.39 is 6.04 Å². The molecule has 0 aliphatic carbocycles. The van der Waals surface area contributed by atoms with Gasteiger partial charge in [0.2, 0.25) is 0 Å². The van der Waals surface area contributed by atoms with Crippen LogP contribution in [0.15, 0.2) is 24.3 Å². The number of rotatable bonds is 6. The number of anilines is 1. The van der Waals surface area contributed by atoms with Crippen LogP contribution in [0.2, 0.25) is 0 Å². The molecule has 3 nitrogen and oxygen atoms in total. The van der Waals surface area contributed by atoms with Crippen LogP contribution in [0.3, 0.4) is 0 Å². The molecule has 1 aromatic carbocycles. The lowest BCUT2D eigenvalue weighted by Gasteiger charge is -2.16. The molecule has 0 bridgehead atoms. The Kier molecular flexibility index (Phi) is 5.91. The molecule has 0 aliphatic rings. The fourth-order valence-electron chi connectivity index (χ4n) is 1.33. The average molecular weight is 253 g/mol. The van der Waals surface area contributed by atoms with Gasteiger partial charge >= 0.3 is 5.97 Å². The molecule has 0 saturated heterocycles. The highest BCUT2D eigenvalue weighted by Gasteiger charge is 2.17. The minimum atomic E-state index is -0.396. The zero-order chi connectivity index (χ0) is 12.7. The summed E-state index contributed by atoms with van der Waals surface area (Å²) in [6.07, 6.45) is 0.829. The first-order valence-corrected chi connectivity index (χ1v) is 6.41. The van der Waals surface area contributed by atoms with Crippen LogP contribution in [0.5, 0.6) is 0 Å². The van der Waals surface area contributed by atoms with E-state index in [1.807, 2.05) is 38.1 Å². The number of hydrogen-bond donors (Lipinski definition) is 2. The average Bonchev–Trinajstić information content (AvgIpc) is 2.35. The SMILES string of the molecule is CCCOC(=O)[C@@H](CS)Nc1ccc(C)cc1. The van der Waals surface area contributed by atoms with Gasteiger partial charge in [-0.3, -0.25) is 0 Å². The fraction of sp³-hybridized carbons (Fsp3) is 0.462. The van der Waals surface area contributed by atoms with Crippen LogP contribution >= 0.6 is 12.6 Å². The number of benzene rings is 1. The second kappa shape index (κ2) is 7.22. The maximum atomic E-state index is 11.7. The first-order chi connectivity index (χ1) is 8.17. The fourth-order valence-corrected chi connectivity index (χ4v) is 1.57. The summed E-state index contributed by atoms with van der Waals surface area (Å²) in [6.45, 7) is 4.45. The number of carbonyl (C=O) groups is 1. The Morgan fingerprint density at radius 2 is 2.06 bits per heavy atom. The van der Waals surface area contributed by atoms with Crippen LogP contribution in [-0.4, -0.2) is 24.4 Å². The van der Waals surface area contributed by atoms with Gasteiger partial charge in [-0.05, 0) is 25.5 Å². The first-order valence-electron chi connectivity index (χ1n) is 5.78. The summed E-state index contributed by atoms with van der Waals surface area (Å²) in [5.41, 5.74) is 2.09. The van der Waals surface area contributed by atoms with E-state index in [0.717, 1.165) is 12.1 Å². The van der Waals surface area contributed by atoms with E-state index in [0.29, 0.717) is 12.4 Å². The van der Waals surface area contributed by atoms with Crippen molar-refractivity contribution < 1.29 is 9.53 Å². The Hall–Kier alpha value is -1.16. The number of carbonyl (C=O) groups excluding carboxylic acids is 1. The predicted molar refractivity (Wildman–Crippen MR) is 73.7 cm³/mol. The quantitative estimate of drug-likeness (QED) is 0.604. The number of esters is 1. The maximum Gasteiger partial charge on any atom is 0.329 e. The van der Waals surface area contributed by atoms with Gasteiger partial charge in [0.15, 0.2) is 0 Å². The summed E-state index contributed by atoms with van der Waals surface area (Å²) in [5, 5.41) is 3.11. The number of aryl methyl sites for hydroxylation is 1. The molecule has 0 saturated carbocycles. The minimum Gasteiger partial charge on any atom is -0.464 e. The van der Waals surface area contributed by atoms with Crippen LogP contribution in [0, 0.1) is 6.92 Å². The molecule has 0 unspecified atom stereocenters. The molecule has 0 aromatic heterocycles. The van der Waals surface area contributed by atoms with Crippen molar-refractivity contribution in [3.63, 3.8) is 0 Å². The van der Waals surface area contributed by atoms with Crippen LogP contribution in [0.4, 0.5) is 5.69 Å². The Morgan fingerprint density at radius 1 is 1.41 bits per heavy atom. The van der Waals surface area contributed by atoms with Gasteiger partial charge in [0.25, 0.3) is 0 Å². The number of hydrogen-bond acceptors (Lipinski definition) is 4. The second-order valence-electron chi connectivity index (χ2n) is 3.91. The van der Waals surface area contributed by atoms with E-state index in [4.69, 9.17) is 4.74 Å². The lowest BCUT2D eigenvalue weighted by atomic mass is 10.2. The molecular formula is C13H19NO2S. The molecule has 0 spiro atoms. The summed E-state index contributed by atoms with van der Waals surface area (Å²) in [7, 11) is 0. The molecule has 0 aliphatic heterocycles. The summed E-state index contributed by atoms with van der Waals surface area (Å²) >= 11 is 4.16. The van der Waals surface area contributed by atoms with E-state index in [-0.39, 0.29) is 5.97 Å². The van der Waals surface area contributed by atoms with Crippen LogP contribution in [0.25, 0.3) is 0 Å². The third kappa shape index (κ3) is 4.69. The highest BCUT2D eigenvalue weighted by atomic mass is 32.1.